The number of nitrogens with zero attached hydrogens (tertiary/aromatic N) is 1. The molecule has 0 saturated carbocycles. The summed E-state index contributed by atoms with van der Waals surface area (Å²) in [6, 6.07) is 10.1. The summed E-state index contributed by atoms with van der Waals surface area (Å²) in [4.78, 5) is 2.61. The fraction of sp³-hybridized carbons (Fsp3) is 0.667. The molecule has 2 rings (SSSR count). The van der Waals surface area contributed by atoms with E-state index in [9.17, 15) is 0 Å². The van der Waals surface area contributed by atoms with Gasteiger partial charge in [0.1, 0.15) is 0 Å². The van der Waals surface area contributed by atoms with Crippen molar-refractivity contribution in [2.45, 2.75) is 65.1 Å². The van der Waals surface area contributed by atoms with Gasteiger partial charge in [0.25, 0.3) is 0 Å². The molecule has 2 nitrogen and oxygen atoms in total. The van der Waals surface area contributed by atoms with Crippen LogP contribution >= 0.6 is 0 Å². The van der Waals surface area contributed by atoms with Crippen molar-refractivity contribution in [2.75, 3.05) is 13.1 Å². The van der Waals surface area contributed by atoms with Crippen LogP contribution in [0.15, 0.2) is 24.3 Å². The lowest BCUT2D eigenvalue weighted by molar-refractivity contribution is 0.180. The van der Waals surface area contributed by atoms with Crippen LogP contribution in [0.4, 0.5) is 0 Å². The lowest BCUT2D eigenvalue weighted by Crippen LogP contribution is -2.41. The summed E-state index contributed by atoms with van der Waals surface area (Å²) in [5, 5.41) is 3.68. The minimum absolute atomic E-state index is 0.648. The Balaban J connectivity index is 1.91. The van der Waals surface area contributed by atoms with Crippen LogP contribution in [-0.2, 0) is 6.54 Å². The van der Waals surface area contributed by atoms with Crippen molar-refractivity contribution in [2.24, 2.45) is 0 Å². The van der Waals surface area contributed by atoms with Crippen LogP contribution in [0.25, 0.3) is 0 Å². The van der Waals surface area contributed by atoms with Gasteiger partial charge >= 0.3 is 0 Å². The maximum absolute atomic E-state index is 3.68. The van der Waals surface area contributed by atoms with Crippen molar-refractivity contribution in [3.05, 3.63) is 35.4 Å². The summed E-state index contributed by atoms with van der Waals surface area (Å²) in [5.41, 5.74) is 2.88. The number of hydrogen-bond acceptors (Lipinski definition) is 2. The van der Waals surface area contributed by atoms with E-state index in [2.05, 4.69) is 55.3 Å². The van der Waals surface area contributed by atoms with Crippen LogP contribution in [0.3, 0.4) is 0 Å². The summed E-state index contributed by atoms with van der Waals surface area (Å²) in [7, 11) is 0. The summed E-state index contributed by atoms with van der Waals surface area (Å²) < 4.78 is 0. The van der Waals surface area contributed by atoms with Gasteiger partial charge in [-0.3, -0.25) is 4.90 Å². The smallest absolute Gasteiger partial charge is 0.0239 e. The highest BCUT2D eigenvalue weighted by Crippen LogP contribution is 2.18. The Bertz CT molecular complexity index is 396. The second kappa shape index (κ2) is 7.80. The van der Waals surface area contributed by atoms with Crippen LogP contribution in [0.1, 0.15) is 50.7 Å². The largest absolute Gasteiger partial charge is 0.314 e. The zero-order valence-electron chi connectivity index (χ0n) is 13.4. The average molecular weight is 274 g/mol. The molecule has 0 amide bonds. The lowest BCUT2D eigenvalue weighted by atomic mass is 9.97. The van der Waals surface area contributed by atoms with E-state index < -0.39 is 0 Å². The van der Waals surface area contributed by atoms with Gasteiger partial charge in [0.05, 0.1) is 0 Å². The molecule has 0 spiro atoms. The molecule has 0 bridgehead atoms. The third kappa shape index (κ3) is 4.32. The molecule has 1 saturated heterocycles. The van der Waals surface area contributed by atoms with E-state index in [1.807, 2.05) is 0 Å². The van der Waals surface area contributed by atoms with Gasteiger partial charge in [-0.25, -0.2) is 0 Å². The summed E-state index contributed by atoms with van der Waals surface area (Å²) in [5.74, 6) is 0. The van der Waals surface area contributed by atoms with Crippen LogP contribution in [0.2, 0.25) is 0 Å². The molecule has 1 N–H and O–H groups in total. The predicted molar refractivity (Wildman–Crippen MR) is 87.0 cm³/mol. The predicted octanol–water partition coefficient (Wildman–Crippen LogP) is 3.74. The first kappa shape index (κ1) is 15.5. The van der Waals surface area contributed by atoms with Crippen LogP contribution in [0.5, 0.6) is 0 Å². The minimum atomic E-state index is 0.648. The van der Waals surface area contributed by atoms with Gasteiger partial charge in [-0.05, 0) is 57.3 Å². The van der Waals surface area contributed by atoms with Gasteiger partial charge in [-0.2, -0.15) is 0 Å². The first-order valence-corrected chi connectivity index (χ1v) is 8.22. The number of nitrogens with one attached hydrogen (secondary N) is 1. The van der Waals surface area contributed by atoms with Crippen LogP contribution < -0.4 is 5.32 Å². The molecular weight excluding hydrogens is 244 g/mol. The quantitative estimate of drug-likeness (QED) is 0.850. The second-order valence-corrected chi connectivity index (χ2v) is 6.22. The van der Waals surface area contributed by atoms with Crippen molar-refractivity contribution in [3.63, 3.8) is 0 Å². The standard InChI is InChI=1S/C18H30N2/c1-4-20(14-17-10-6-5-9-15(17)2)16(3)13-18-11-7-8-12-19-18/h5-6,9-10,16,18-19H,4,7-8,11-14H2,1-3H3. The number of aryl methyl sites for hydroxylation is 1. The molecule has 2 atom stereocenters. The summed E-state index contributed by atoms with van der Waals surface area (Å²) in [6.07, 6.45) is 5.38. The Labute approximate surface area is 124 Å². The monoisotopic (exact) mass is 274 g/mol. The molecule has 1 fully saturated rings. The highest BCUT2D eigenvalue weighted by molar-refractivity contribution is 5.25. The Hall–Kier alpha value is -0.860. The topological polar surface area (TPSA) is 15.3 Å². The van der Waals surface area contributed by atoms with Crippen LogP contribution in [-0.4, -0.2) is 30.1 Å². The van der Waals surface area contributed by atoms with E-state index in [1.54, 1.807) is 0 Å². The van der Waals surface area contributed by atoms with E-state index >= 15 is 0 Å². The van der Waals surface area contributed by atoms with Gasteiger partial charge < -0.3 is 5.32 Å². The SMILES string of the molecule is CCN(Cc1ccccc1C)C(C)CC1CCCCN1. The molecule has 1 aromatic rings. The van der Waals surface area contributed by atoms with Gasteiger partial charge in [-0.15, -0.1) is 0 Å². The summed E-state index contributed by atoms with van der Waals surface area (Å²) in [6.45, 7) is 10.3. The first-order valence-electron chi connectivity index (χ1n) is 8.22. The zero-order valence-corrected chi connectivity index (χ0v) is 13.4. The fourth-order valence-electron chi connectivity index (χ4n) is 3.27. The van der Waals surface area contributed by atoms with E-state index in [-0.39, 0.29) is 0 Å². The Morgan fingerprint density at radius 2 is 2.10 bits per heavy atom. The number of piperidine rings is 1. The third-order valence-corrected chi connectivity index (χ3v) is 4.70. The maximum atomic E-state index is 3.68. The molecule has 0 aromatic heterocycles. The zero-order chi connectivity index (χ0) is 14.4. The molecule has 2 heteroatoms. The molecular formula is C18H30N2. The van der Waals surface area contributed by atoms with Crippen molar-refractivity contribution in [1.82, 2.24) is 10.2 Å². The van der Waals surface area contributed by atoms with Crippen LogP contribution in [0, 0.1) is 6.92 Å². The third-order valence-electron chi connectivity index (χ3n) is 4.70. The molecule has 1 heterocycles. The van der Waals surface area contributed by atoms with Crippen molar-refractivity contribution >= 4 is 0 Å². The number of benzene rings is 1. The number of hydrogen-bond donors (Lipinski definition) is 1. The van der Waals surface area contributed by atoms with Crippen molar-refractivity contribution < 1.29 is 0 Å². The normalized spacial score (nSPS) is 21.1. The molecule has 1 aliphatic rings. The molecule has 20 heavy (non-hydrogen) atoms. The molecule has 0 radical (unpaired) electrons. The van der Waals surface area contributed by atoms with E-state index in [0.717, 1.165) is 19.1 Å². The Morgan fingerprint density at radius 3 is 2.75 bits per heavy atom. The highest BCUT2D eigenvalue weighted by Gasteiger charge is 2.19. The summed E-state index contributed by atoms with van der Waals surface area (Å²) >= 11 is 0. The van der Waals surface area contributed by atoms with E-state index in [4.69, 9.17) is 0 Å². The minimum Gasteiger partial charge on any atom is -0.314 e. The maximum Gasteiger partial charge on any atom is 0.0239 e. The molecule has 2 unspecified atom stereocenters. The van der Waals surface area contributed by atoms with Crippen molar-refractivity contribution in [3.8, 4) is 0 Å². The highest BCUT2D eigenvalue weighted by atomic mass is 15.1. The molecule has 1 aromatic carbocycles. The average Bonchev–Trinajstić information content (AvgIpc) is 2.47. The fourth-order valence-corrected chi connectivity index (χ4v) is 3.27. The van der Waals surface area contributed by atoms with Gasteiger partial charge in [0, 0.05) is 18.6 Å². The Morgan fingerprint density at radius 1 is 1.30 bits per heavy atom. The van der Waals surface area contributed by atoms with Gasteiger partial charge in [0.15, 0.2) is 0 Å². The first-order chi connectivity index (χ1) is 9.70. The second-order valence-electron chi connectivity index (χ2n) is 6.22. The molecule has 112 valence electrons. The van der Waals surface area contributed by atoms with Gasteiger partial charge in [-0.1, -0.05) is 37.6 Å². The van der Waals surface area contributed by atoms with E-state index in [1.165, 1.54) is 43.4 Å². The molecule has 0 aliphatic carbocycles. The lowest BCUT2D eigenvalue weighted by Gasteiger charge is -2.33. The number of rotatable bonds is 6. The molecule has 1 aliphatic heterocycles. The van der Waals surface area contributed by atoms with Gasteiger partial charge in [0.2, 0.25) is 0 Å². The Kier molecular flexibility index (Phi) is 6.06. The van der Waals surface area contributed by atoms with Crippen molar-refractivity contribution in [1.29, 1.82) is 0 Å². The van der Waals surface area contributed by atoms with E-state index in [0.29, 0.717) is 6.04 Å².